The molecule has 2 aromatic carbocycles. The molecule has 1 aliphatic rings. The number of benzene rings is 2. The Balaban J connectivity index is 1.58. The van der Waals surface area contributed by atoms with Gasteiger partial charge < -0.3 is 20.1 Å². The van der Waals surface area contributed by atoms with Gasteiger partial charge in [-0.1, -0.05) is 24.3 Å². The van der Waals surface area contributed by atoms with E-state index in [0.717, 1.165) is 10.9 Å². The lowest BCUT2D eigenvalue weighted by molar-refractivity contribution is 0.0704. The van der Waals surface area contributed by atoms with Gasteiger partial charge in [0.2, 0.25) is 0 Å². The van der Waals surface area contributed by atoms with E-state index >= 15 is 0 Å². The molecule has 1 aromatic heterocycles. The van der Waals surface area contributed by atoms with Crippen LogP contribution in [0.1, 0.15) is 45.2 Å². The molecule has 0 radical (unpaired) electrons. The number of rotatable bonds is 5. The molecule has 1 fully saturated rings. The molecule has 4 rings (SSSR count). The predicted molar refractivity (Wildman–Crippen MR) is 118 cm³/mol. The Kier molecular flexibility index (Phi) is 5.75. The molecule has 0 spiro atoms. The van der Waals surface area contributed by atoms with Gasteiger partial charge in [-0.2, -0.15) is 0 Å². The van der Waals surface area contributed by atoms with Crippen molar-refractivity contribution in [1.82, 2.24) is 9.88 Å². The highest BCUT2D eigenvalue weighted by Gasteiger charge is 2.30. The quantitative estimate of drug-likeness (QED) is 0.684. The summed E-state index contributed by atoms with van der Waals surface area (Å²) < 4.78 is 10.8. The molecule has 0 atom stereocenters. The topological polar surface area (TPSA) is 94.8 Å². The fourth-order valence-electron chi connectivity index (χ4n) is 4.22. The Labute approximate surface area is 180 Å². The van der Waals surface area contributed by atoms with Crippen molar-refractivity contribution in [3.05, 3.63) is 65.4 Å². The fourth-order valence-corrected chi connectivity index (χ4v) is 4.22. The summed E-state index contributed by atoms with van der Waals surface area (Å²) in [6.07, 6.45) is 1.38. The summed E-state index contributed by atoms with van der Waals surface area (Å²) in [7, 11) is 3.07. The molecular formula is C24H25N3O4. The van der Waals surface area contributed by atoms with E-state index in [1.807, 2.05) is 30.3 Å². The van der Waals surface area contributed by atoms with Gasteiger partial charge >= 0.3 is 0 Å². The number of pyridine rings is 1. The van der Waals surface area contributed by atoms with Crippen molar-refractivity contribution in [3.8, 4) is 11.5 Å². The second-order valence-corrected chi connectivity index (χ2v) is 7.58. The summed E-state index contributed by atoms with van der Waals surface area (Å²) >= 11 is 0. The fraction of sp³-hybridized carbons (Fsp3) is 0.292. The van der Waals surface area contributed by atoms with Gasteiger partial charge in [0.1, 0.15) is 17.1 Å². The normalized spacial score (nSPS) is 14.5. The van der Waals surface area contributed by atoms with Crippen LogP contribution >= 0.6 is 0 Å². The van der Waals surface area contributed by atoms with Gasteiger partial charge in [-0.15, -0.1) is 0 Å². The number of aromatic nitrogens is 1. The minimum Gasteiger partial charge on any atom is -0.496 e. The highest BCUT2D eigenvalue weighted by atomic mass is 16.5. The van der Waals surface area contributed by atoms with E-state index < -0.39 is 5.91 Å². The maximum atomic E-state index is 13.2. The smallest absolute Gasteiger partial charge is 0.261 e. The van der Waals surface area contributed by atoms with Gasteiger partial charge in [0.15, 0.2) is 0 Å². The van der Waals surface area contributed by atoms with Crippen LogP contribution < -0.4 is 15.2 Å². The molecule has 31 heavy (non-hydrogen) atoms. The third-order valence-electron chi connectivity index (χ3n) is 5.83. The highest BCUT2D eigenvalue weighted by Crippen LogP contribution is 2.34. The maximum absolute atomic E-state index is 13.2. The standard InChI is InChI=1S/C24H25N3O4/c1-30-19-8-5-9-20(31-2)21(19)24(29)27-12-10-15(11-13-27)22-17(23(25)28)14-16-6-3-4-7-18(16)26-22/h3-9,14-15H,10-13H2,1-2H3,(H2,25,28). The monoisotopic (exact) mass is 419 g/mol. The van der Waals surface area contributed by atoms with Gasteiger partial charge in [0.05, 0.1) is 31.0 Å². The number of nitrogens with two attached hydrogens (primary N) is 1. The summed E-state index contributed by atoms with van der Waals surface area (Å²) in [5.74, 6) is 0.410. The number of carbonyl (C=O) groups is 2. The van der Waals surface area contributed by atoms with Crippen molar-refractivity contribution in [2.75, 3.05) is 27.3 Å². The summed E-state index contributed by atoms with van der Waals surface area (Å²) in [5.41, 5.74) is 8.08. The molecule has 2 N–H and O–H groups in total. The van der Waals surface area contributed by atoms with Crippen LogP contribution in [0.3, 0.4) is 0 Å². The number of para-hydroxylation sites is 1. The number of amides is 2. The Hall–Kier alpha value is -3.61. The lowest BCUT2D eigenvalue weighted by Gasteiger charge is -2.33. The Morgan fingerprint density at radius 2 is 1.65 bits per heavy atom. The maximum Gasteiger partial charge on any atom is 0.261 e. The molecule has 0 bridgehead atoms. The number of carbonyl (C=O) groups excluding carboxylic acids is 2. The molecule has 0 unspecified atom stereocenters. The summed E-state index contributed by atoms with van der Waals surface area (Å²) in [6.45, 7) is 1.08. The molecule has 1 saturated heterocycles. The minimum atomic E-state index is -0.481. The van der Waals surface area contributed by atoms with Gasteiger partial charge in [-0.05, 0) is 37.1 Å². The predicted octanol–water partition coefficient (Wildman–Crippen LogP) is 3.37. The van der Waals surface area contributed by atoms with E-state index in [1.54, 1.807) is 23.1 Å². The molecule has 0 saturated carbocycles. The molecule has 1 aliphatic heterocycles. The third-order valence-corrected chi connectivity index (χ3v) is 5.83. The highest BCUT2D eigenvalue weighted by molar-refractivity contribution is 6.00. The average Bonchev–Trinajstić information content (AvgIpc) is 2.82. The second kappa shape index (κ2) is 8.63. The van der Waals surface area contributed by atoms with Crippen LogP contribution in [0.2, 0.25) is 0 Å². The lowest BCUT2D eigenvalue weighted by atomic mass is 9.89. The molecule has 0 aliphatic carbocycles. The van der Waals surface area contributed by atoms with Gasteiger partial charge in [-0.25, -0.2) is 0 Å². The van der Waals surface area contributed by atoms with Gasteiger partial charge in [0.25, 0.3) is 11.8 Å². The van der Waals surface area contributed by atoms with Gasteiger partial charge in [0, 0.05) is 24.4 Å². The van der Waals surface area contributed by atoms with Crippen LogP contribution in [0, 0.1) is 0 Å². The zero-order valence-electron chi connectivity index (χ0n) is 17.6. The van der Waals surface area contributed by atoms with Crippen molar-refractivity contribution in [2.45, 2.75) is 18.8 Å². The number of nitrogens with zero attached hydrogens (tertiary/aromatic N) is 2. The van der Waals surface area contributed by atoms with Crippen LogP contribution in [-0.2, 0) is 0 Å². The average molecular weight is 419 g/mol. The Morgan fingerprint density at radius 3 is 2.26 bits per heavy atom. The largest absolute Gasteiger partial charge is 0.496 e. The van der Waals surface area contributed by atoms with Crippen LogP contribution in [0.4, 0.5) is 0 Å². The molecule has 7 heteroatoms. The van der Waals surface area contributed by atoms with Crippen molar-refractivity contribution < 1.29 is 19.1 Å². The SMILES string of the molecule is COc1cccc(OC)c1C(=O)N1CCC(c2nc3ccccc3cc2C(N)=O)CC1. The molecule has 2 heterocycles. The Morgan fingerprint density at radius 1 is 1.00 bits per heavy atom. The van der Waals surface area contributed by atoms with E-state index in [4.69, 9.17) is 20.2 Å². The van der Waals surface area contributed by atoms with E-state index in [-0.39, 0.29) is 11.8 Å². The van der Waals surface area contributed by atoms with E-state index in [1.165, 1.54) is 14.2 Å². The number of primary amides is 1. The number of fused-ring (bicyclic) bond motifs is 1. The molecule has 160 valence electrons. The van der Waals surface area contributed by atoms with Crippen molar-refractivity contribution in [1.29, 1.82) is 0 Å². The lowest BCUT2D eigenvalue weighted by Crippen LogP contribution is -2.38. The summed E-state index contributed by atoms with van der Waals surface area (Å²) in [4.78, 5) is 31.9. The number of likely N-dealkylation sites (tertiary alicyclic amines) is 1. The van der Waals surface area contributed by atoms with Crippen LogP contribution in [-0.4, -0.2) is 49.0 Å². The number of ether oxygens (including phenoxy) is 2. The number of hydrogen-bond donors (Lipinski definition) is 1. The first-order chi connectivity index (χ1) is 15.0. The second-order valence-electron chi connectivity index (χ2n) is 7.58. The van der Waals surface area contributed by atoms with Crippen LogP contribution in [0.15, 0.2) is 48.5 Å². The first kappa shape index (κ1) is 20.7. The zero-order chi connectivity index (χ0) is 22.0. The molecule has 3 aromatic rings. The number of hydrogen-bond acceptors (Lipinski definition) is 5. The van der Waals surface area contributed by atoms with E-state index in [0.29, 0.717) is 54.3 Å². The molecule has 7 nitrogen and oxygen atoms in total. The third kappa shape index (κ3) is 3.91. The first-order valence-corrected chi connectivity index (χ1v) is 10.2. The summed E-state index contributed by atoms with van der Waals surface area (Å²) in [6, 6.07) is 14.8. The van der Waals surface area contributed by atoms with Crippen molar-refractivity contribution >= 4 is 22.7 Å². The first-order valence-electron chi connectivity index (χ1n) is 10.2. The zero-order valence-corrected chi connectivity index (χ0v) is 17.6. The molecule has 2 amide bonds. The van der Waals surface area contributed by atoms with Gasteiger partial charge in [-0.3, -0.25) is 14.6 Å². The van der Waals surface area contributed by atoms with E-state index in [2.05, 4.69) is 0 Å². The Bertz CT molecular complexity index is 1110. The minimum absolute atomic E-state index is 0.0516. The van der Waals surface area contributed by atoms with Crippen LogP contribution in [0.25, 0.3) is 10.9 Å². The van der Waals surface area contributed by atoms with Crippen molar-refractivity contribution in [2.24, 2.45) is 5.73 Å². The van der Waals surface area contributed by atoms with Crippen molar-refractivity contribution in [3.63, 3.8) is 0 Å². The van der Waals surface area contributed by atoms with Crippen LogP contribution in [0.5, 0.6) is 11.5 Å². The summed E-state index contributed by atoms with van der Waals surface area (Å²) in [5, 5.41) is 0.885. The van der Waals surface area contributed by atoms with E-state index in [9.17, 15) is 9.59 Å². The number of methoxy groups -OCH3 is 2. The number of piperidine rings is 1. The molecular weight excluding hydrogens is 394 g/mol.